The van der Waals surface area contributed by atoms with E-state index >= 15 is 0 Å². The van der Waals surface area contributed by atoms with Crippen LogP contribution in [0.25, 0.3) is 22.6 Å². The van der Waals surface area contributed by atoms with Crippen molar-refractivity contribution in [2.45, 2.75) is 6.92 Å². The highest BCUT2D eigenvalue weighted by Crippen LogP contribution is 2.30. The Balaban J connectivity index is 1.53. The summed E-state index contributed by atoms with van der Waals surface area (Å²) in [4.78, 5) is 16.7. The lowest BCUT2D eigenvalue weighted by Crippen LogP contribution is -2.35. The van der Waals surface area contributed by atoms with Crippen molar-refractivity contribution in [2.75, 3.05) is 12.4 Å². The molecule has 0 radical (unpaired) electrons. The zero-order chi connectivity index (χ0) is 24.6. The number of aromatic nitrogens is 1. The molecule has 0 saturated heterocycles. The third kappa shape index (κ3) is 4.29. The molecule has 0 aliphatic rings. The third-order valence-corrected chi connectivity index (χ3v) is 5.00. The lowest BCUT2D eigenvalue weighted by atomic mass is 10.1. The monoisotopic (exact) mass is 489 g/mol. The smallest absolute Gasteiger partial charge is 0.263 e. The van der Waals surface area contributed by atoms with E-state index in [1.165, 1.54) is 0 Å². The molecule has 34 heavy (non-hydrogen) atoms. The predicted molar refractivity (Wildman–Crippen MR) is 121 cm³/mol. The van der Waals surface area contributed by atoms with Crippen LogP contribution < -0.4 is 15.4 Å². The number of rotatable bonds is 4. The number of hydrogen-bond donors (Lipinski definition) is 2. The summed E-state index contributed by atoms with van der Waals surface area (Å²) in [5.41, 5.74) is 1.80. The summed E-state index contributed by atoms with van der Waals surface area (Å²) in [7, 11) is 0.829. The number of amides is 1. The topological polar surface area (TPSA) is 76.4 Å². The largest absolute Gasteiger partial charge is 0.491 e. The highest BCUT2D eigenvalue weighted by molar-refractivity contribution is 7.80. The van der Waals surface area contributed by atoms with E-state index in [1.807, 2.05) is 24.4 Å². The van der Waals surface area contributed by atoms with Crippen molar-refractivity contribution in [3.05, 3.63) is 76.9 Å². The number of fused-ring (bicyclic) bond motifs is 1. The van der Waals surface area contributed by atoms with Gasteiger partial charge in [0.2, 0.25) is 17.5 Å². The lowest BCUT2D eigenvalue weighted by molar-refractivity contribution is 0.0966. The second-order valence-corrected chi connectivity index (χ2v) is 7.55. The molecular formula is C23H15F4N3O3S. The molecule has 11 heteroatoms. The van der Waals surface area contributed by atoms with Gasteiger partial charge in [-0.3, -0.25) is 10.1 Å². The Labute approximate surface area is 195 Å². The molecule has 0 atom stereocenters. The normalized spacial score (nSPS) is 10.9. The first kappa shape index (κ1) is 23.2. The van der Waals surface area contributed by atoms with Crippen LogP contribution in [0, 0.1) is 30.2 Å². The van der Waals surface area contributed by atoms with Gasteiger partial charge in [-0.05, 0) is 55.0 Å². The molecule has 1 heterocycles. The Morgan fingerprint density at radius 3 is 2.41 bits per heavy atom. The van der Waals surface area contributed by atoms with Gasteiger partial charge in [0.15, 0.2) is 28.1 Å². The number of aryl methyl sites for hydroxylation is 1. The summed E-state index contributed by atoms with van der Waals surface area (Å²) in [6, 6.07) is 12.2. The number of thiocarbonyl (C=S) groups is 1. The number of hydrogen-bond acceptors (Lipinski definition) is 5. The van der Waals surface area contributed by atoms with Crippen LogP contribution in [0.15, 0.2) is 46.9 Å². The maximum atomic E-state index is 14.2. The van der Waals surface area contributed by atoms with Gasteiger partial charge in [-0.2, -0.15) is 8.78 Å². The highest BCUT2D eigenvalue weighted by Gasteiger charge is 2.30. The first-order chi connectivity index (χ1) is 16.2. The van der Waals surface area contributed by atoms with E-state index in [0.29, 0.717) is 28.2 Å². The third-order valence-electron chi connectivity index (χ3n) is 4.79. The Morgan fingerprint density at radius 2 is 1.74 bits per heavy atom. The zero-order valence-electron chi connectivity index (χ0n) is 17.6. The fraction of sp³-hybridized carbons (Fsp3) is 0.0870. The number of nitrogens with one attached hydrogen (secondary N) is 2. The molecule has 0 bridgehead atoms. The molecule has 0 saturated carbocycles. The summed E-state index contributed by atoms with van der Waals surface area (Å²) >= 11 is 5.00. The molecule has 1 amide bonds. The molecule has 0 aliphatic carbocycles. The number of benzene rings is 3. The average Bonchev–Trinajstić information content (AvgIpc) is 3.21. The molecular weight excluding hydrogens is 474 g/mol. The molecule has 0 spiro atoms. The summed E-state index contributed by atoms with van der Waals surface area (Å²) < 4.78 is 66.2. The molecule has 0 fully saturated rings. The van der Waals surface area contributed by atoms with E-state index in [1.54, 1.807) is 30.3 Å². The molecule has 0 aliphatic heterocycles. The maximum absolute atomic E-state index is 14.2. The minimum absolute atomic E-state index is 0.340. The van der Waals surface area contributed by atoms with Crippen molar-refractivity contribution >= 4 is 40.0 Å². The summed E-state index contributed by atoms with van der Waals surface area (Å²) in [5, 5.41) is 4.28. The molecule has 3 aromatic carbocycles. The number of methoxy groups -OCH3 is 1. The lowest BCUT2D eigenvalue weighted by Gasteiger charge is -2.13. The molecule has 2 N–H and O–H groups in total. The van der Waals surface area contributed by atoms with E-state index in [9.17, 15) is 22.4 Å². The predicted octanol–water partition coefficient (Wildman–Crippen LogP) is 5.50. The molecule has 174 valence electrons. The number of oxazole rings is 1. The summed E-state index contributed by atoms with van der Waals surface area (Å²) in [5.74, 6) is -9.93. The Bertz CT molecular complexity index is 1430. The quantitative estimate of drug-likeness (QED) is 0.224. The number of ether oxygens (including phenoxy) is 1. The van der Waals surface area contributed by atoms with Crippen LogP contribution in [0.3, 0.4) is 0 Å². The van der Waals surface area contributed by atoms with Gasteiger partial charge >= 0.3 is 0 Å². The maximum Gasteiger partial charge on any atom is 0.263 e. The van der Waals surface area contributed by atoms with Crippen molar-refractivity contribution in [1.29, 1.82) is 0 Å². The van der Waals surface area contributed by atoms with Gasteiger partial charge < -0.3 is 14.5 Å². The van der Waals surface area contributed by atoms with E-state index in [2.05, 4.69) is 15.0 Å². The van der Waals surface area contributed by atoms with Crippen molar-refractivity contribution in [3.8, 4) is 17.2 Å². The van der Waals surface area contributed by atoms with Gasteiger partial charge in [-0.15, -0.1) is 0 Å². The number of carbonyl (C=O) groups is 1. The molecule has 6 nitrogen and oxygen atoms in total. The standard InChI is InChI=1S/C23H15F4N3O3S/c1-10-6-7-14-13(8-10)29-22(33-14)11-4-3-5-12(9-11)28-23(34)30-21(31)15-16(24)18(26)20(32-2)19(27)17(15)25/h3-9H,1-2H3,(H2,28,30,31,34). The van der Waals surface area contributed by atoms with E-state index in [-0.39, 0.29) is 5.11 Å². The van der Waals surface area contributed by atoms with Gasteiger partial charge in [-0.1, -0.05) is 12.1 Å². The number of anilines is 1. The van der Waals surface area contributed by atoms with E-state index in [4.69, 9.17) is 16.6 Å². The molecule has 4 rings (SSSR count). The fourth-order valence-electron chi connectivity index (χ4n) is 3.21. The molecule has 4 aromatic rings. The van der Waals surface area contributed by atoms with Crippen molar-refractivity contribution in [1.82, 2.24) is 10.3 Å². The highest BCUT2D eigenvalue weighted by atomic mass is 32.1. The van der Waals surface area contributed by atoms with Gasteiger partial charge in [0, 0.05) is 11.3 Å². The summed E-state index contributed by atoms with van der Waals surface area (Å²) in [6.45, 7) is 1.93. The summed E-state index contributed by atoms with van der Waals surface area (Å²) in [6.07, 6.45) is 0. The Morgan fingerprint density at radius 1 is 1.03 bits per heavy atom. The minimum atomic E-state index is -1.91. The van der Waals surface area contributed by atoms with E-state index in [0.717, 1.165) is 12.7 Å². The molecule has 0 unspecified atom stereocenters. The first-order valence-electron chi connectivity index (χ1n) is 9.69. The van der Waals surface area contributed by atoms with Crippen molar-refractivity contribution in [3.63, 3.8) is 0 Å². The fourth-order valence-corrected chi connectivity index (χ4v) is 3.42. The minimum Gasteiger partial charge on any atom is -0.491 e. The van der Waals surface area contributed by atoms with Gasteiger partial charge in [0.05, 0.1) is 7.11 Å². The van der Waals surface area contributed by atoms with E-state index < -0.39 is 40.5 Å². The zero-order valence-corrected chi connectivity index (χ0v) is 18.5. The van der Waals surface area contributed by atoms with Crippen molar-refractivity contribution in [2.24, 2.45) is 0 Å². The number of carbonyl (C=O) groups excluding carboxylic acids is 1. The second-order valence-electron chi connectivity index (χ2n) is 7.14. The van der Waals surface area contributed by atoms with Crippen LogP contribution in [0.4, 0.5) is 23.2 Å². The average molecular weight is 489 g/mol. The van der Waals surface area contributed by atoms with Crippen molar-refractivity contribution < 1.29 is 31.5 Å². The Hall–Kier alpha value is -3.99. The number of halogens is 4. The number of nitrogens with zero attached hydrogens (tertiary/aromatic N) is 1. The Kier molecular flexibility index (Phi) is 6.20. The van der Waals surface area contributed by atoms with Gasteiger partial charge in [0.25, 0.3) is 5.91 Å². The van der Waals surface area contributed by atoms with Gasteiger partial charge in [-0.25, -0.2) is 13.8 Å². The SMILES string of the molecule is COc1c(F)c(F)c(C(=O)NC(=S)Nc2cccc(-c3nc4cc(C)ccc4o3)c2)c(F)c1F. The molecule has 1 aromatic heterocycles. The van der Waals surface area contributed by atoms with Crippen LogP contribution in [0.1, 0.15) is 15.9 Å². The first-order valence-corrected chi connectivity index (χ1v) is 10.1. The van der Waals surface area contributed by atoms with Crippen LogP contribution in [-0.4, -0.2) is 23.1 Å². The van der Waals surface area contributed by atoms with Crippen LogP contribution in [0.2, 0.25) is 0 Å². The van der Waals surface area contributed by atoms with Crippen LogP contribution in [0.5, 0.6) is 5.75 Å². The second kappa shape index (κ2) is 9.10. The van der Waals surface area contributed by atoms with Crippen LogP contribution >= 0.6 is 12.2 Å². The van der Waals surface area contributed by atoms with Crippen LogP contribution in [-0.2, 0) is 0 Å². The van der Waals surface area contributed by atoms with Gasteiger partial charge in [0.1, 0.15) is 11.1 Å².